The second-order valence-electron chi connectivity index (χ2n) is 3.68. The zero-order chi connectivity index (χ0) is 10.1. The Bertz CT molecular complexity index is 345. The van der Waals surface area contributed by atoms with Crippen LogP contribution >= 0.6 is 0 Å². The van der Waals surface area contributed by atoms with Gasteiger partial charge >= 0.3 is 0 Å². The van der Waals surface area contributed by atoms with Crippen LogP contribution in [0.3, 0.4) is 0 Å². The highest BCUT2D eigenvalue weighted by atomic mass is 19.1. The van der Waals surface area contributed by atoms with Crippen LogP contribution in [0, 0.1) is 12.7 Å². The fourth-order valence-electron chi connectivity index (χ4n) is 1.29. The van der Waals surface area contributed by atoms with Crippen LogP contribution in [-0.4, -0.2) is 11.2 Å². The lowest BCUT2D eigenvalue weighted by Gasteiger charge is -2.10. The van der Waals surface area contributed by atoms with Crippen molar-refractivity contribution in [2.24, 2.45) is 0 Å². The van der Waals surface area contributed by atoms with E-state index in [-0.39, 0.29) is 18.5 Å². The molecule has 0 aliphatic heterocycles. The second-order valence-corrected chi connectivity index (χ2v) is 3.68. The molecule has 76 valence electrons. The predicted molar refractivity (Wildman–Crippen MR) is 50.7 cm³/mol. The number of ether oxygens (including phenoxy) is 1. The minimum Gasteiger partial charge on any atom is -0.490 e. The lowest BCUT2D eigenvalue weighted by molar-refractivity contribution is 0.275. The van der Waals surface area contributed by atoms with Crippen LogP contribution < -0.4 is 4.74 Å². The van der Waals surface area contributed by atoms with Gasteiger partial charge in [-0.05, 0) is 37.5 Å². The summed E-state index contributed by atoms with van der Waals surface area (Å²) in [4.78, 5) is 0. The molecule has 0 radical (unpaired) electrons. The molecule has 1 N–H and O–H groups in total. The van der Waals surface area contributed by atoms with Crippen molar-refractivity contribution in [2.75, 3.05) is 0 Å². The van der Waals surface area contributed by atoms with Gasteiger partial charge in [0.05, 0.1) is 12.7 Å². The molecular formula is C11H13FO2. The monoisotopic (exact) mass is 196 g/mol. The van der Waals surface area contributed by atoms with E-state index < -0.39 is 0 Å². The van der Waals surface area contributed by atoms with E-state index in [0.717, 1.165) is 12.8 Å². The predicted octanol–water partition coefficient (Wildman–Crippen LogP) is 2.17. The molecule has 0 saturated heterocycles. The van der Waals surface area contributed by atoms with Gasteiger partial charge in [-0.15, -0.1) is 0 Å². The highest BCUT2D eigenvalue weighted by molar-refractivity contribution is 5.38. The van der Waals surface area contributed by atoms with Gasteiger partial charge in [-0.3, -0.25) is 0 Å². The van der Waals surface area contributed by atoms with Crippen LogP contribution in [0.5, 0.6) is 5.75 Å². The summed E-state index contributed by atoms with van der Waals surface area (Å²) in [6.07, 6.45) is 2.34. The van der Waals surface area contributed by atoms with Crippen molar-refractivity contribution >= 4 is 0 Å². The van der Waals surface area contributed by atoms with E-state index in [1.807, 2.05) is 0 Å². The smallest absolute Gasteiger partial charge is 0.130 e. The zero-order valence-corrected chi connectivity index (χ0v) is 8.09. The van der Waals surface area contributed by atoms with Crippen LogP contribution in [0.1, 0.15) is 24.0 Å². The molecule has 14 heavy (non-hydrogen) atoms. The second kappa shape index (κ2) is 3.58. The summed E-state index contributed by atoms with van der Waals surface area (Å²) in [6, 6.07) is 3.05. The number of hydrogen-bond donors (Lipinski definition) is 1. The van der Waals surface area contributed by atoms with Gasteiger partial charge in [-0.25, -0.2) is 4.39 Å². The van der Waals surface area contributed by atoms with Crippen molar-refractivity contribution in [3.05, 3.63) is 29.1 Å². The third-order valence-electron chi connectivity index (χ3n) is 2.36. The minimum atomic E-state index is -0.313. The Morgan fingerprint density at radius 1 is 1.50 bits per heavy atom. The maximum atomic E-state index is 13.3. The van der Waals surface area contributed by atoms with E-state index in [0.29, 0.717) is 16.9 Å². The molecule has 3 heteroatoms. The van der Waals surface area contributed by atoms with Gasteiger partial charge in [-0.1, -0.05) is 0 Å². The van der Waals surface area contributed by atoms with E-state index in [4.69, 9.17) is 9.84 Å². The van der Waals surface area contributed by atoms with Crippen LogP contribution in [0.15, 0.2) is 12.1 Å². The van der Waals surface area contributed by atoms with E-state index in [2.05, 4.69) is 0 Å². The van der Waals surface area contributed by atoms with Gasteiger partial charge in [0.2, 0.25) is 0 Å². The van der Waals surface area contributed by atoms with E-state index in [1.165, 1.54) is 6.07 Å². The topological polar surface area (TPSA) is 29.5 Å². The Morgan fingerprint density at radius 2 is 2.21 bits per heavy atom. The summed E-state index contributed by atoms with van der Waals surface area (Å²) in [6.45, 7) is 1.53. The molecule has 0 heterocycles. The molecule has 1 saturated carbocycles. The number of aliphatic hydroxyl groups is 1. The summed E-state index contributed by atoms with van der Waals surface area (Å²) in [7, 11) is 0. The molecule has 0 spiro atoms. The average molecular weight is 196 g/mol. The molecule has 0 atom stereocenters. The first kappa shape index (κ1) is 9.46. The Balaban J connectivity index is 2.29. The molecule has 1 aliphatic rings. The zero-order valence-electron chi connectivity index (χ0n) is 8.09. The van der Waals surface area contributed by atoms with Crippen molar-refractivity contribution in [3.8, 4) is 5.75 Å². The fraction of sp³-hybridized carbons (Fsp3) is 0.455. The minimum absolute atomic E-state index is 0.155. The Hall–Kier alpha value is -1.09. The molecule has 0 amide bonds. The molecule has 1 fully saturated rings. The largest absolute Gasteiger partial charge is 0.490 e. The van der Waals surface area contributed by atoms with Crippen molar-refractivity contribution in [1.82, 2.24) is 0 Å². The molecule has 1 aromatic rings. The van der Waals surface area contributed by atoms with Crippen LogP contribution in [0.25, 0.3) is 0 Å². The first-order valence-electron chi connectivity index (χ1n) is 4.77. The maximum Gasteiger partial charge on any atom is 0.130 e. The number of benzene rings is 1. The highest BCUT2D eigenvalue weighted by Crippen LogP contribution is 2.30. The summed E-state index contributed by atoms with van der Waals surface area (Å²) in [5.74, 6) is 0.253. The average Bonchev–Trinajstić information content (AvgIpc) is 2.96. The summed E-state index contributed by atoms with van der Waals surface area (Å²) in [5, 5.41) is 8.90. The molecule has 1 aliphatic carbocycles. The molecule has 2 rings (SSSR count). The molecule has 0 unspecified atom stereocenters. The summed E-state index contributed by atoms with van der Waals surface area (Å²) in [5.41, 5.74) is 1.08. The Labute approximate surface area is 82.3 Å². The molecule has 2 nitrogen and oxygen atoms in total. The van der Waals surface area contributed by atoms with E-state index in [9.17, 15) is 4.39 Å². The number of hydrogen-bond acceptors (Lipinski definition) is 2. The standard InChI is InChI=1S/C11H13FO2/c1-7-10(12)4-8(6-13)5-11(7)14-9-2-3-9/h4-5,9,13H,2-3,6H2,1H3. The quantitative estimate of drug-likeness (QED) is 0.802. The molecular weight excluding hydrogens is 183 g/mol. The van der Waals surface area contributed by atoms with Crippen molar-refractivity contribution in [1.29, 1.82) is 0 Å². The maximum absolute atomic E-state index is 13.3. The molecule has 1 aromatic carbocycles. The van der Waals surface area contributed by atoms with Gasteiger partial charge in [0, 0.05) is 5.56 Å². The SMILES string of the molecule is Cc1c(F)cc(CO)cc1OC1CC1. The highest BCUT2D eigenvalue weighted by Gasteiger charge is 2.24. The fourth-order valence-corrected chi connectivity index (χ4v) is 1.29. The number of halogens is 1. The van der Waals surface area contributed by atoms with Crippen molar-refractivity contribution in [2.45, 2.75) is 32.5 Å². The van der Waals surface area contributed by atoms with Crippen molar-refractivity contribution < 1.29 is 14.2 Å². The third kappa shape index (κ3) is 1.87. The Morgan fingerprint density at radius 3 is 2.79 bits per heavy atom. The van der Waals surface area contributed by atoms with Gasteiger partial charge in [0.1, 0.15) is 11.6 Å². The van der Waals surface area contributed by atoms with E-state index >= 15 is 0 Å². The summed E-state index contributed by atoms with van der Waals surface area (Å²) >= 11 is 0. The van der Waals surface area contributed by atoms with Crippen LogP contribution in [-0.2, 0) is 6.61 Å². The lowest BCUT2D eigenvalue weighted by Crippen LogP contribution is -2.01. The Kier molecular flexibility index (Phi) is 2.42. The van der Waals surface area contributed by atoms with Gasteiger partial charge in [-0.2, -0.15) is 0 Å². The first-order chi connectivity index (χ1) is 6.70. The molecule has 0 bridgehead atoms. The van der Waals surface area contributed by atoms with Gasteiger partial charge in [0.15, 0.2) is 0 Å². The van der Waals surface area contributed by atoms with Crippen molar-refractivity contribution in [3.63, 3.8) is 0 Å². The van der Waals surface area contributed by atoms with Crippen LogP contribution in [0.2, 0.25) is 0 Å². The first-order valence-corrected chi connectivity index (χ1v) is 4.77. The third-order valence-corrected chi connectivity index (χ3v) is 2.36. The van der Waals surface area contributed by atoms with Gasteiger partial charge in [0.25, 0.3) is 0 Å². The summed E-state index contributed by atoms with van der Waals surface area (Å²) < 4.78 is 18.8. The van der Waals surface area contributed by atoms with Crippen LogP contribution in [0.4, 0.5) is 4.39 Å². The lowest BCUT2D eigenvalue weighted by atomic mass is 10.1. The number of rotatable bonds is 3. The molecule has 0 aromatic heterocycles. The van der Waals surface area contributed by atoms with Gasteiger partial charge < -0.3 is 9.84 Å². The van der Waals surface area contributed by atoms with E-state index in [1.54, 1.807) is 13.0 Å². The normalized spacial score (nSPS) is 15.6. The number of aliphatic hydroxyl groups excluding tert-OH is 1.